The number of rotatable bonds is 10. The fourth-order valence-electron chi connectivity index (χ4n) is 4.66. The molecule has 0 aromatic heterocycles. The summed E-state index contributed by atoms with van der Waals surface area (Å²) in [6, 6.07) is 9.49. The molecule has 15 nitrogen and oxygen atoms in total. The number of hydrogen-bond acceptors (Lipinski definition) is 10. The van der Waals surface area contributed by atoms with Crippen LogP contribution in [-0.4, -0.2) is 105 Å². The smallest absolute Gasteiger partial charge is 0.414 e. The summed E-state index contributed by atoms with van der Waals surface area (Å²) < 4.78 is 31.7. The zero-order valence-electron chi connectivity index (χ0n) is 22.7. The highest BCUT2D eigenvalue weighted by molar-refractivity contribution is 7.62. The first kappa shape index (κ1) is 32.6. The van der Waals surface area contributed by atoms with Gasteiger partial charge in [0.2, 0.25) is 27.4 Å². The monoisotopic (exact) mass is 643 g/mol. The van der Waals surface area contributed by atoms with Crippen molar-refractivity contribution in [1.82, 2.24) is 10.2 Å². The Morgan fingerprint density at radius 3 is 2.37 bits per heavy atom. The molecule has 234 valence electrons. The van der Waals surface area contributed by atoms with E-state index in [-0.39, 0.29) is 24.7 Å². The van der Waals surface area contributed by atoms with E-state index in [1.54, 1.807) is 17.0 Å². The second kappa shape index (κ2) is 14.0. The number of carbonyl (C=O) groups excluding carboxylic acids is 3. The van der Waals surface area contributed by atoms with Crippen molar-refractivity contribution in [3.63, 3.8) is 0 Å². The number of nitrogens with zero attached hydrogens (tertiary/aromatic N) is 3. The molecule has 7 N–H and O–H groups in total. The van der Waals surface area contributed by atoms with Gasteiger partial charge in [0.1, 0.15) is 18.5 Å². The van der Waals surface area contributed by atoms with E-state index in [0.29, 0.717) is 43.1 Å². The fourth-order valence-corrected chi connectivity index (χ4v) is 6.02. The van der Waals surface area contributed by atoms with Crippen molar-refractivity contribution in [3.05, 3.63) is 53.8 Å². The quantitative estimate of drug-likeness (QED) is 0.178. The predicted molar refractivity (Wildman–Crippen MR) is 155 cm³/mol. The molecule has 0 radical (unpaired) electrons. The van der Waals surface area contributed by atoms with Crippen LogP contribution < -0.4 is 20.4 Å². The van der Waals surface area contributed by atoms with Crippen LogP contribution in [0.15, 0.2) is 42.5 Å². The summed E-state index contributed by atoms with van der Waals surface area (Å²) in [5, 5.41) is 21.7. The fraction of sp³-hybridized carbons (Fsp3) is 0.400. The summed E-state index contributed by atoms with van der Waals surface area (Å²) in [6.07, 6.45) is -1.90. The van der Waals surface area contributed by atoms with Gasteiger partial charge in [-0.25, -0.2) is 14.0 Å². The van der Waals surface area contributed by atoms with Gasteiger partial charge in [0.25, 0.3) is 0 Å². The van der Waals surface area contributed by atoms with Gasteiger partial charge in [0.05, 0.1) is 24.5 Å². The van der Waals surface area contributed by atoms with Crippen LogP contribution in [0.1, 0.15) is 5.56 Å². The lowest BCUT2D eigenvalue weighted by molar-refractivity contribution is -0.134. The Kier molecular flexibility index (Phi) is 10.6. The third-order valence-corrected chi connectivity index (χ3v) is 9.91. The van der Waals surface area contributed by atoms with E-state index in [4.69, 9.17) is 9.84 Å². The van der Waals surface area contributed by atoms with Crippen LogP contribution in [0.25, 0.3) is 0 Å². The van der Waals surface area contributed by atoms with Crippen LogP contribution in [0.5, 0.6) is 0 Å². The van der Waals surface area contributed by atoms with E-state index in [1.165, 1.54) is 40.1 Å². The SMILES string of the molecule is O=C(NC[C@H]1CN(c2ccc(N3CCN(C(=O)CO)CC3)c(F)c2)C(=O)O1)Nc1ccc(CC(O)(P(O)O)[PH](=O)O)cc1. The molecule has 2 saturated heterocycles. The minimum atomic E-state index is -3.67. The number of aliphatic hydroxyl groups excluding tert-OH is 1. The number of hydrogen-bond donors (Lipinski definition) is 7. The molecule has 2 heterocycles. The number of amides is 4. The number of urea groups is 1. The lowest BCUT2D eigenvalue weighted by atomic mass is 10.1. The Labute approximate surface area is 247 Å². The number of benzene rings is 2. The van der Waals surface area contributed by atoms with E-state index in [9.17, 15) is 38.7 Å². The predicted octanol–water partition coefficient (Wildman–Crippen LogP) is 0.566. The first-order chi connectivity index (χ1) is 20.4. The van der Waals surface area contributed by atoms with Crippen molar-refractivity contribution >= 4 is 51.5 Å². The van der Waals surface area contributed by atoms with E-state index in [0.717, 1.165) is 0 Å². The molecule has 2 unspecified atom stereocenters. The highest BCUT2D eigenvalue weighted by Gasteiger charge is 2.42. The zero-order chi connectivity index (χ0) is 31.3. The van der Waals surface area contributed by atoms with Gasteiger partial charge in [-0.05, 0) is 35.9 Å². The molecule has 0 aliphatic carbocycles. The zero-order valence-corrected chi connectivity index (χ0v) is 24.6. The summed E-state index contributed by atoms with van der Waals surface area (Å²) in [7, 11) is -6.76. The van der Waals surface area contributed by atoms with Crippen molar-refractivity contribution < 1.29 is 53.0 Å². The van der Waals surface area contributed by atoms with Gasteiger partial charge in [-0.15, -0.1) is 0 Å². The number of carbonyl (C=O) groups is 3. The van der Waals surface area contributed by atoms with Crippen molar-refractivity contribution in [3.8, 4) is 0 Å². The number of anilines is 3. The molecule has 4 amide bonds. The Balaban J connectivity index is 1.26. The molecule has 2 aliphatic heterocycles. The highest BCUT2D eigenvalue weighted by Crippen LogP contribution is 2.55. The van der Waals surface area contributed by atoms with Crippen molar-refractivity contribution in [1.29, 1.82) is 0 Å². The van der Waals surface area contributed by atoms with Crippen LogP contribution in [0.4, 0.5) is 31.0 Å². The minimum Gasteiger partial charge on any atom is -0.442 e. The highest BCUT2D eigenvalue weighted by atomic mass is 31.2. The second-order valence-corrected chi connectivity index (χ2v) is 13.1. The molecule has 18 heteroatoms. The summed E-state index contributed by atoms with van der Waals surface area (Å²) in [5.74, 6) is -0.931. The molecular formula is C25H32FN5O10P2. The summed E-state index contributed by atoms with van der Waals surface area (Å²) in [4.78, 5) is 68.9. The second-order valence-electron chi connectivity index (χ2n) is 9.90. The van der Waals surface area contributed by atoms with E-state index in [2.05, 4.69) is 10.6 Å². The first-order valence-corrected chi connectivity index (χ1v) is 15.7. The van der Waals surface area contributed by atoms with E-state index in [1.807, 2.05) is 0 Å². The Hall–Kier alpha value is -3.36. The number of nitrogens with one attached hydrogen (secondary N) is 2. The summed E-state index contributed by atoms with van der Waals surface area (Å²) in [5.41, 5.74) is 1.26. The molecule has 3 atom stereocenters. The van der Waals surface area contributed by atoms with E-state index >= 15 is 4.39 Å². The molecule has 0 spiro atoms. The standard InChI is InChI=1S/C25H32FN5O10P2/c26-20-11-18(5-6-21(20)29-7-9-30(10-8-29)22(33)15-32)31-14-19(41-24(31)35)13-27-23(34)28-17-3-1-16(2-4-17)12-25(36,42(37)38)43(39)40/h1-6,11,19,32,36-38,43H,7-10,12-15H2,(H,39,40)(H2,27,28,34)/t19-,25?/m0/s1. The van der Waals surface area contributed by atoms with Crippen LogP contribution in [0, 0.1) is 5.82 Å². The number of halogens is 1. The molecule has 4 rings (SSSR count). The van der Waals surface area contributed by atoms with Gasteiger partial charge in [-0.1, -0.05) is 12.1 Å². The van der Waals surface area contributed by atoms with Crippen molar-refractivity contribution in [2.45, 2.75) is 17.6 Å². The maximum absolute atomic E-state index is 15.0. The van der Waals surface area contributed by atoms with Crippen LogP contribution in [0.3, 0.4) is 0 Å². The Bertz CT molecular complexity index is 1360. The average molecular weight is 644 g/mol. The van der Waals surface area contributed by atoms with Crippen LogP contribution in [0.2, 0.25) is 0 Å². The molecule has 43 heavy (non-hydrogen) atoms. The first-order valence-electron chi connectivity index (χ1n) is 13.1. The van der Waals surface area contributed by atoms with E-state index < -0.39 is 58.6 Å². The molecule has 0 bridgehead atoms. The lowest BCUT2D eigenvalue weighted by Crippen LogP contribution is -2.49. The maximum Gasteiger partial charge on any atom is 0.414 e. The van der Waals surface area contributed by atoms with Crippen molar-refractivity contribution in [2.75, 3.05) is 61.0 Å². The number of piperazine rings is 1. The number of cyclic esters (lactones) is 1. The van der Waals surface area contributed by atoms with Crippen molar-refractivity contribution in [2.24, 2.45) is 0 Å². The molecule has 2 aromatic carbocycles. The van der Waals surface area contributed by atoms with Gasteiger partial charge >= 0.3 is 12.1 Å². The minimum absolute atomic E-state index is 0.0437. The van der Waals surface area contributed by atoms with Gasteiger partial charge in [-0.2, -0.15) is 0 Å². The lowest BCUT2D eigenvalue weighted by Gasteiger charge is -2.36. The largest absolute Gasteiger partial charge is 0.442 e. The molecular weight excluding hydrogens is 611 g/mol. The maximum atomic E-state index is 15.0. The topological polar surface area (TPSA) is 212 Å². The summed E-state index contributed by atoms with van der Waals surface area (Å²) in [6.45, 7) is 0.914. The molecule has 2 aromatic rings. The molecule has 2 aliphatic rings. The Morgan fingerprint density at radius 2 is 1.79 bits per heavy atom. The normalized spacial score (nSPS) is 19.2. The number of ether oxygens (including phenoxy) is 1. The third-order valence-electron chi connectivity index (χ3n) is 7.05. The van der Waals surface area contributed by atoms with Gasteiger partial charge < -0.3 is 50.1 Å². The number of aliphatic hydroxyl groups is 2. The van der Waals surface area contributed by atoms with Gasteiger partial charge in [0, 0.05) is 38.3 Å². The van der Waals surface area contributed by atoms with Crippen LogP contribution >= 0.6 is 16.4 Å². The Morgan fingerprint density at radius 1 is 1.12 bits per heavy atom. The van der Waals surface area contributed by atoms with Gasteiger partial charge in [0.15, 0.2) is 0 Å². The summed E-state index contributed by atoms with van der Waals surface area (Å²) >= 11 is 0. The van der Waals surface area contributed by atoms with Crippen LogP contribution in [-0.2, 0) is 20.5 Å². The molecule has 2 fully saturated rings. The third kappa shape index (κ3) is 7.78. The van der Waals surface area contributed by atoms with Gasteiger partial charge in [-0.3, -0.25) is 14.3 Å². The average Bonchev–Trinajstić information content (AvgIpc) is 3.36. The molecule has 0 saturated carbocycles.